The summed E-state index contributed by atoms with van der Waals surface area (Å²) in [5, 5.41) is 2.77. The Morgan fingerprint density at radius 1 is 1.21 bits per heavy atom. The fourth-order valence-corrected chi connectivity index (χ4v) is 4.40. The van der Waals surface area contributed by atoms with Gasteiger partial charge in [-0.2, -0.15) is 0 Å². The van der Waals surface area contributed by atoms with Crippen molar-refractivity contribution < 1.29 is 23.9 Å². The van der Waals surface area contributed by atoms with Crippen molar-refractivity contribution in [2.75, 3.05) is 26.2 Å². The highest BCUT2D eigenvalue weighted by Gasteiger charge is 2.55. The van der Waals surface area contributed by atoms with Crippen LogP contribution in [0.1, 0.15) is 37.3 Å². The van der Waals surface area contributed by atoms with Crippen molar-refractivity contribution in [3.63, 3.8) is 0 Å². The zero-order chi connectivity index (χ0) is 20.6. The maximum Gasteiger partial charge on any atom is 0.326 e. The highest BCUT2D eigenvalue weighted by atomic mass is 16.5. The minimum absolute atomic E-state index is 0.247. The second-order valence-electron chi connectivity index (χ2n) is 8.11. The van der Waals surface area contributed by atoms with Crippen LogP contribution in [0.15, 0.2) is 24.3 Å². The first-order chi connectivity index (χ1) is 13.9. The van der Waals surface area contributed by atoms with E-state index < -0.39 is 30.0 Å². The van der Waals surface area contributed by atoms with Gasteiger partial charge in [0.2, 0.25) is 0 Å². The molecule has 29 heavy (non-hydrogen) atoms. The van der Waals surface area contributed by atoms with E-state index in [1.807, 2.05) is 24.3 Å². The van der Waals surface area contributed by atoms with E-state index in [2.05, 4.69) is 12.2 Å². The highest BCUT2D eigenvalue weighted by Crippen LogP contribution is 2.41. The predicted octanol–water partition coefficient (Wildman–Crippen LogP) is 1.18. The van der Waals surface area contributed by atoms with Crippen LogP contribution in [0.2, 0.25) is 0 Å². The number of piperidine rings is 1. The van der Waals surface area contributed by atoms with Crippen LogP contribution in [0.3, 0.4) is 0 Å². The zero-order valence-electron chi connectivity index (χ0n) is 16.5. The molecule has 1 aliphatic carbocycles. The number of likely N-dealkylation sites (tertiary alicyclic amines) is 1. The van der Waals surface area contributed by atoms with Crippen LogP contribution < -0.4 is 5.32 Å². The Morgan fingerprint density at radius 3 is 2.69 bits per heavy atom. The van der Waals surface area contributed by atoms with Gasteiger partial charge in [0.1, 0.15) is 12.1 Å². The number of fused-ring (bicyclic) bond motifs is 2. The molecule has 3 aliphatic rings. The van der Waals surface area contributed by atoms with E-state index >= 15 is 0 Å². The Bertz CT molecular complexity index is 862. The van der Waals surface area contributed by atoms with Crippen molar-refractivity contribution in [1.29, 1.82) is 0 Å². The van der Waals surface area contributed by atoms with Crippen LogP contribution in [0.5, 0.6) is 0 Å². The first-order valence-corrected chi connectivity index (χ1v) is 10.1. The number of benzene rings is 1. The minimum atomic E-state index is -1.10. The first-order valence-electron chi connectivity index (χ1n) is 10.1. The molecule has 1 aromatic carbocycles. The molecule has 1 unspecified atom stereocenters. The van der Waals surface area contributed by atoms with E-state index in [-0.39, 0.29) is 12.5 Å². The van der Waals surface area contributed by atoms with E-state index in [4.69, 9.17) is 4.74 Å². The molecule has 0 saturated carbocycles. The predicted molar refractivity (Wildman–Crippen MR) is 103 cm³/mol. The van der Waals surface area contributed by atoms with Crippen molar-refractivity contribution in [3.8, 4) is 0 Å². The first kappa shape index (κ1) is 19.4. The lowest BCUT2D eigenvalue weighted by Crippen LogP contribution is -2.43. The Kier molecular flexibility index (Phi) is 5.02. The lowest BCUT2D eigenvalue weighted by Gasteiger charge is -2.30. The third-order valence-electron chi connectivity index (χ3n) is 6.20. The number of imide groups is 1. The van der Waals surface area contributed by atoms with Crippen molar-refractivity contribution >= 4 is 23.8 Å². The van der Waals surface area contributed by atoms with E-state index in [9.17, 15) is 19.2 Å². The topological polar surface area (TPSA) is 96.0 Å². The molecular formula is C21H25N3O5. The molecule has 1 atom stereocenters. The molecule has 1 aromatic rings. The fourth-order valence-electron chi connectivity index (χ4n) is 4.40. The molecule has 2 saturated heterocycles. The number of esters is 1. The summed E-state index contributed by atoms with van der Waals surface area (Å²) in [6.45, 7) is 2.60. The third-order valence-corrected chi connectivity index (χ3v) is 6.20. The number of hydrogen-bond acceptors (Lipinski definition) is 5. The van der Waals surface area contributed by atoms with Crippen LogP contribution in [0.25, 0.3) is 0 Å². The lowest BCUT2D eigenvalue weighted by atomic mass is 9.92. The second kappa shape index (κ2) is 7.50. The SMILES string of the molecule is CC1CCN(C(=O)COC(=O)CN2C(=O)NC3(CCc4ccccc43)C2=O)CC1. The van der Waals surface area contributed by atoms with Crippen LogP contribution in [-0.2, 0) is 31.1 Å². The van der Waals surface area contributed by atoms with Crippen LogP contribution >= 0.6 is 0 Å². The van der Waals surface area contributed by atoms with Crippen molar-refractivity contribution in [3.05, 3.63) is 35.4 Å². The van der Waals surface area contributed by atoms with E-state index in [1.54, 1.807) is 4.90 Å². The highest BCUT2D eigenvalue weighted by molar-refractivity contribution is 6.09. The van der Waals surface area contributed by atoms with Gasteiger partial charge in [-0.1, -0.05) is 31.2 Å². The minimum Gasteiger partial charge on any atom is -0.454 e. The van der Waals surface area contributed by atoms with Gasteiger partial charge in [0.25, 0.3) is 11.8 Å². The number of ether oxygens (including phenoxy) is 1. The molecule has 8 heteroatoms. The molecule has 0 aromatic heterocycles. The Labute approximate surface area is 169 Å². The number of carbonyl (C=O) groups is 4. The number of nitrogens with one attached hydrogen (secondary N) is 1. The number of carbonyl (C=O) groups excluding carboxylic acids is 4. The monoisotopic (exact) mass is 399 g/mol. The Hall–Kier alpha value is -2.90. The summed E-state index contributed by atoms with van der Waals surface area (Å²) in [5.74, 6) is -0.866. The van der Waals surface area contributed by atoms with E-state index in [0.29, 0.717) is 31.8 Å². The Balaban J connectivity index is 1.35. The molecule has 0 bridgehead atoms. The van der Waals surface area contributed by atoms with E-state index in [1.165, 1.54) is 0 Å². The molecule has 4 rings (SSSR count). The normalized spacial score (nSPS) is 24.0. The molecule has 4 amide bonds. The number of aryl methyl sites for hydroxylation is 1. The molecule has 2 aliphatic heterocycles. The third kappa shape index (κ3) is 3.47. The molecular weight excluding hydrogens is 374 g/mol. The van der Waals surface area contributed by atoms with Gasteiger partial charge in [0, 0.05) is 13.1 Å². The maximum atomic E-state index is 13.0. The summed E-state index contributed by atoms with van der Waals surface area (Å²) in [4.78, 5) is 52.4. The number of amides is 4. The largest absolute Gasteiger partial charge is 0.454 e. The fraction of sp³-hybridized carbons (Fsp3) is 0.524. The second-order valence-corrected chi connectivity index (χ2v) is 8.11. The van der Waals surface area contributed by atoms with Gasteiger partial charge in [-0.3, -0.25) is 19.3 Å². The number of nitrogens with zero attached hydrogens (tertiary/aromatic N) is 2. The van der Waals surface area contributed by atoms with Crippen molar-refractivity contribution in [2.45, 2.75) is 38.1 Å². The Morgan fingerprint density at radius 2 is 1.93 bits per heavy atom. The summed E-state index contributed by atoms with van der Waals surface area (Å²) in [7, 11) is 0. The number of hydrogen-bond donors (Lipinski definition) is 1. The van der Waals surface area contributed by atoms with Crippen molar-refractivity contribution in [2.24, 2.45) is 5.92 Å². The van der Waals surface area contributed by atoms with Crippen LogP contribution in [0.4, 0.5) is 4.79 Å². The van der Waals surface area contributed by atoms with E-state index in [0.717, 1.165) is 28.9 Å². The molecule has 8 nitrogen and oxygen atoms in total. The summed E-state index contributed by atoms with van der Waals surface area (Å²) in [6.07, 6.45) is 3.02. The van der Waals surface area contributed by atoms with Crippen molar-refractivity contribution in [1.82, 2.24) is 15.1 Å². The van der Waals surface area contributed by atoms with Gasteiger partial charge in [-0.05, 0) is 42.7 Å². The lowest BCUT2D eigenvalue weighted by molar-refractivity contribution is -0.154. The number of urea groups is 1. The quantitative estimate of drug-likeness (QED) is 0.606. The molecule has 1 N–H and O–H groups in total. The smallest absolute Gasteiger partial charge is 0.326 e. The van der Waals surface area contributed by atoms with Crippen LogP contribution in [0, 0.1) is 5.92 Å². The summed E-state index contributed by atoms with van der Waals surface area (Å²) in [5.41, 5.74) is 0.699. The molecule has 2 fully saturated rings. The number of rotatable bonds is 4. The summed E-state index contributed by atoms with van der Waals surface area (Å²) >= 11 is 0. The van der Waals surface area contributed by atoms with Gasteiger partial charge < -0.3 is 15.0 Å². The van der Waals surface area contributed by atoms with Gasteiger partial charge >= 0.3 is 12.0 Å². The maximum absolute atomic E-state index is 13.0. The standard InChI is InChI=1S/C21H25N3O5/c1-14-7-10-23(11-8-14)17(25)13-29-18(26)12-24-19(27)21(22-20(24)28)9-6-15-4-2-3-5-16(15)21/h2-5,14H,6-13H2,1H3,(H,22,28). The molecule has 0 radical (unpaired) electrons. The van der Waals surface area contributed by atoms with Gasteiger partial charge in [-0.25, -0.2) is 4.79 Å². The zero-order valence-corrected chi connectivity index (χ0v) is 16.5. The summed E-state index contributed by atoms with van der Waals surface area (Å²) in [6, 6.07) is 6.89. The molecule has 154 valence electrons. The molecule has 2 heterocycles. The average Bonchev–Trinajstić information content (AvgIpc) is 3.20. The summed E-state index contributed by atoms with van der Waals surface area (Å²) < 4.78 is 5.06. The molecule has 1 spiro atoms. The average molecular weight is 399 g/mol. The van der Waals surface area contributed by atoms with Gasteiger partial charge in [-0.15, -0.1) is 0 Å². The van der Waals surface area contributed by atoms with Gasteiger partial charge in [0.05, 0.1) is 0 Å². The van der Waals surface area contributed by atoms with Crippen LogP contribution in [-0.4, -0.2) is 59.9 Å². The van der Waals surface area contributed by atoms with Gasteiger partial charge in [0.15, 0.2) is 6.61 Å².